The van der Waals surface area contributed by atoms with E-state index >= 15 is 0 Å². The van der Waals surface area contributed by atoms with Crippen LogP contribution in [0.15, 0.2) is 0 Å². The molecule has 0 aromatic carbocycles. The fourth-order valence-corrected chi connectivity index (χ4v) is 4.34. The van der Waals surface area contributed by atoms with Crippen molar-refractivity contribution >= 4 is 11.6 Å². The van der Waals surface area contributed by atoms with E-state index in [0.29, 0.717) is 0 Å². The maximum atomic E-state index is 6.68. The highest BCUT2D eigenvalue weighted by atomic mass is 35.5. The first-order chi connectivity index (χ1) is 7.73. The largest absolute Gasteiger partial charge is 0.119 e. The molecule has 0 bridgehead atoms. The van der Waals surface area contributed by atoms with Crippen molar-refractivity contribution < 1.29 is 0 Å². The van der Waals surface area contributed by atoms with Crippen molar-refractivity contribution in [3.63, 3.8) is 0 Å². The van der Waals surface area contributed by atoms with Gasteiger partial charge in [0.2, 0.25) is 0 Å². The lowest BCUT2D eigenvalue weighted by Gasteiger charge is -2.39. The van der Waals surface area contributed by atoms with Gasteiger partial charge in [-0.2, -0.15) is 0 Å². The van der Waals surface area contributed by atoms with Gasteiger partial charge in [-0.3, -0.25) is 0 Å². The van der Waals surface area contributed by atoms with Crippen LogP contribution in [0.5, 0.6) is 0 Å². The van der Waals surface area contributed by atoms with Crippen LogP contribution in [-0.2, 0) is 0 Å². The van der Waals surface area contributed by atoms with E-state index in [0.717, 1.165) is 11.8 Å². The summed E-state index contributed by atoms with van der Waals surface area (Å²) in [5.74, 6) is 2.07. The molecule has 0 nitrogen and oxygen atoms in total. The van der Waals surface area contributed by atoms with Crippen LogP contribution in [0, 0.1) is 11.8 Å². The van der Waals surface area contributed by atoms with Crippen molar-refractivity contribution in [2.45, 2.75) is 82.4 Å². The second-order valence-electron chi connectivity index (χ2n) is 6.14. The zero-order valence-electron chi connectivity index (χ0n) is 10.8. The average molecular weight is 243 g/mol. The van der Waals surface area contributed by atoms with Gasteiger partial charge >= 0.3 is 0 Å². The zero-order valence-corrected chi connectivity index (χ0v) is 11.6. The molecule has 0 atom stereocenters. The van der Waals surface area contributed by atoms with Gasteiger partial charge in [-0.05, 0) is 43.9 Å². The van der Waals surface area contributed by atoms with Crippen LogP contribution in [0.3, 0.4) is 0 Å². The molecule has 1 heteroatoms. The predicted octanol–water partition coefficient (Wildman–Crippen LogP) is 5.53. The van der Waals surface area contributed by atoms with Gasteiger partial charge in [-0.25, -0.2) is 0 Å². The molecule has 2 aliphatic carbocycles. The molecule has 0 aliphatic heterocycles. The Bertz CT molecular complexity index is 197. The second kappa shape index (κ2) is 5.76. The van der Waals surface area contributed by atoms with Gasteiger partial charge in [0.15, 0.2) is 0 Å². The topological polar surface area (TPSA) is 0 Å². The summed E-state index contributed by atoms with van der Waals surface area (Å²) in [7, 11) is 0. The Morgan fingerprint density at radius 1 is 0.938 bits per heavy atom. The van der Waals surface area contributed by atoms with E-state index in [-0.39, 0.29) is 4.87 Å². The maximum absolute atomic E-state index is 6.68. The Kier molecular flexibility index (Phi) is 4.58. The van der Waals surface area contributed by atoms with Gasteiger partial charge in [0.1, 0.15) is 0 Å². The average Bonchev–Trinajstić information content (AvgIpc) is 2.31. The lowest BCUT2D eigenvalue weighted by atomic mass is 9.70. The summed E-state index contributed by atoms with van der Waals surface area (Å²) in [4.78, 5) is 0.180. The molecule has 0 aromatic heterocycles. The molecule has 2 saturated carbocycles. The Morgan fingerprint density at radius 3 is 2.06 bits per heavy atom. The van der Waals surface area contributed by atoms with E-state index in [4.69, 9.17) is 11.6 Å². The van der Waals surface area contributed by atoms with Gasteiger partial charge in [0, 0.05) is 4.87 Å². The first kappa shape index (κ1) is 12.7. The summed E-state index contributed by atoms with van der Waals surface area (Å²) in [6.45, 7) is 2.26. The van der Waals surface area contributed by atoms with Crippen LogP contribution in [0.1, 0.15) is 77.6 Å². The molecule has 0 unspecified atom stereocenters. The summed E-state index contributed by atoms with van der Waals surface area (Å²) in [6, 6.07) is 0. The van der Waals surface area contributed by atoms with Crippen LogP contribution in [0.2, 0.25) is 0 Å². The Labute approximate surface area is 106 Å². The molecule has 2 fully saturated rings. The summed E-state index contributed by atoms with van der Waals surface area (Å²) in [5, 5.41) is 0. The standard InChI is InChI=1S/C15H27Cl/c1-2-10-15(16)11-8-14(9-12-15)13-6-4-3-5-7-13/h13-14H,2-12H2,1H3. The van der Waals surface area contributed by atoms with E-state index in [9.17, 15) is 0 Å². The zero-order chi connectivity index (χ0) is 11.4. The first-order valence-corrected chi connectivity index (χ1v) is 7.80. The number of rotatable bonds is 3. The van der Waals surface area contributed by atoms with Crippen molar-refractivity contribution in [2.75, 3.05) is 0 Å². The lowest BCUT2D eigenvalue weighted by Crippen LogP contribution is -2.31. The van der Waals surface area contributed by atoms with Crippen LogP contribution in [-0.4, -0.2) is 4.87 Å². The maximum Gasteiger partial charge on any atom is 0.0447 e. The van der Waals surface area contributed by atoms with Crippen molar-refractivity contribution in [2.24, 2.45) is 11.8 Å². The third-order valence-electron chi connectivity index (χ3n) is 4.94. The van der Waals surface area contributed by atoms with Crippen molar-refractivity contribution in [1.82, 2.24) is 0 Å². The fourth-order valence-electron chi connectivity index (χ4n) is 3.93. The van der Waals surface area contributed by atoms with E-state index in [1.54, 1.807) is 0 Å². The molecule has 0 radical (unpaired) electrons. The van der Waals surface area contributed by atoms with Crippen molar-refractivity contribution in [3.05, 3.63) is 0 Å². The minimum absolute atomic E-state index is 0.180. The summed E-state index contributed by atoms with van der Waals surface area (Å²) in [6.07, 6.45) is 15.3. The summed E-state index contributed by atoms with van der Waals surface area (Å²) in [5.41, 5.74) is 0. The van der Waals surface area contributed by atoms with E-state index in [1.165, 1.54) is 70.6 Å². The van der Waals surface area contributed by atoms with Gasteiger partial charge < -0.3 is 0 Å². The highest BCUT2D eigenvalue weighted by Crippen LogP contribution is 2.45. The number of hydrogen-bond donors (Lipinski definition) is 0. The van der Waals surface area contributed by atoms with Crippen LogP contribution >= 0.6 is 11.6 Å². The third kappa shape index (κ3) is 3.15. The highest BCUT2D eigenvalue weighted by molar-refractivity contribution is 6.23. The second-order valence-corrected chi connectivity index (χ2v) is 6.94. The fraction of sp³-hybridized carbons (Fsp3) is 1.00. The lowest BCUT2D eigenvalue weighted by molar-refractivity contribution is 0.172. The van der Waals surface area contributed by atoms with Crippen LogP contribution in [0.25, 0.3) is 0 Å². The van der Waals surface area contributed by atoms with Gasteiger partial charge in [0.25, 0.3) is 0 Å². The molecule has 94 valence electrons. The molecular weight excluding hydrogens is 216 g/mol. The Hall–Kier alpha value is 0.290. The predicted molar refractivity (Wildman–Crippen MR) is 72.0 cm³/mol. The highest BCUT2D eigenvalue weighted by Gasteiger charge is 2.35. The smallest absolute Gasteiger partial charge is 0.0447 e. The summed E-state index contributed by atoms with van der Waals surface area (Å²) >= 11 is 6.68. The number of alkyl halides is 1. The molecule has 16 heavy (non-hydrogen) atoms. The van der Waals surface area contributed by atoms with Crippen LogP contribution < -0.4 is 0 Å². The van der Waals surface area contributed by atoms with Crippen LogP contribution in [0.4, 0.5) is 0 Å². The molecule has 0 saturated heterocycles. The Balaban J connectivity index is 1.79. The molecule has 2 rings (SSSR count). The minimum atomic E-state index is 0.180. The van der Waals surface area contributed by atoms with Gasteiger partial charge in [0.05, 0.1) is 0 Å². The normalized spacial score (nSPS) is 37.5. The molecule has 2 aliphatic rings. The van der Waals surface area contributed by atoms with E-state index in [2.05, 4.69) is 6.92 Å². The minimum Gasteiger partial charge on any atom is -0.119 e. The van der Waals surface area contributed by atoms with Gasteiger partial charge in [-0.1, -0.05) is 45.4 Å². The first-order valence-electron chi connectivity index (χ1n) is 7.42. The van der Waals surface area contributed by atoms with Crippen molar-refractivity contribution in [1.29, 1.82) is 0 Å². The van der Waals surface area contributed by atoms with E-state index in [1.807, 2.05) is 0 Å². The summed E-state index contributed by atoms with van der Waals surface area (Å²) < 4.78 is 0. The quantitative estimate of drug-likeness (QED) is 0.571. The number of hydrogen-bond acceptors (Lipinski definition) is 0. The van der Waals surface area contributed by atoms with Crippen molar-refractivity contribution in [3.8, 4) is 0 Å². The molecule has 0 N–H and O–H groups in total. The monoisotopic (exact) mass is 242 g/mol. The molecule has 0 spiro atoms. The molecular formula is C15H27Cl. The SMILES string of the molecule is CCCC1(Cl)CCC(C2CCCCC2)CC1. The third-order valence-corrected chi connectivity index (χ3v) is 5.51. The van der Waals surface area contributed by atoms with E-state index < -0.39 is 0 Å². The molecule has 0 amide bonds. The Morgan fingerprint density at radius 2 is 1.50 bits per heavy atom. The van der Waals surface area contributed by atoms with Gasteiger partial charge in [-0.15, -0.1) is 11.6 Å². The molecule has 0 aromatic rings. The number of halogens is 1. The molecule has 0 heterocycles.